The maximum absolute atomic E-state index is 11.9. The Kier molecular flexibility index (Phi) is 4.42. The van der Waals surface area contributed by atoms with Crippen molar-refractivity contribution in [2.75, 3.05) is 32.1 Å². The molecule has 0 atom stereocenters. The molecule has 0 bridgehead atoms. The molecule has 21 heavy (non-hydrogen) atoms. The van der Waals surface area contributed by atoms with Crippen LogP contribution in [0.25, 0.3) is 0 Å². The van der Waals surface area contributed by atoms with E-state index in [-0.39, 0.29) is 18.5 Å². The molecule has 0 saturated carbocycles. The first-order valence-electron chi connectivity index (χ1n) is 6.54. The van der Waals surface area contributed by atoms with Gasteiger partial charge in [-0.15, -0.1) is 0 Å². The lowest BCUT2D eigenvalue weighted by atomic mass is 10.1. The second kappa shape index (κ2) is 6.25. The number of aryl methyl sites for hydroxylation is 1. The number of methoxy groups -OCH3 is 1. The largest absolute Gasteiger partial charge is 0.465 e. The molecule has 1 fully saturated rings. The number of carbonyl (C=O) groups excluding carboxylic acids is 3. The van der Waals surface area contributed by atoms with Gasteiger partial charge in [-0.1, -0.05) is 11.6 Å². The summed E-state index contributed by atoms with van der Waals surface area (Å²) in [6, 6.07) is 4.82. The standard InChI is InChI=1S/C14H17N3O4/c1-9-3-4-11(10(7-9)13(19)21-2)16-8-12(18)17-6-5-15-14(17)20/h3-4,7,16H,5-6,8H2,1-2H3,(H,15,20). The van der Waals surface area contributed by atoms with Gasteiger partial charge in [-0.25, -0.2) is 9.59 Å². The number of imide groups is 1. The van der Waals surface area contributed by atoms with Gasteiger partial charge in [0.1, 0.15) is 0 Å². The zero-order chi connectivity index (χ0) is 15.4. The summed E-state index contributed by atoms with van der Waals surface area (Å²) in [7, 11) is 1.30. The van der Waals surface area contributed by atoms with Gasteiger partial charge < -0.3 is 15.4 Å². The SMILES string of the molecule is COC(=O)c1cc(C)ccc1NCC(=O)N1CCNC1=O. The van der Waals surface area contributed by atoms with E-state index in [0.717, 1.165) is 10.5 Å². The Morgan fingerprint density at radius 3 is 2.81 bits per heavy atom. The van der Waals surface area contributed by atoms with Crippen LogP contribution in [0.5, 0.6) is 0 Å². The zero-order valence-corrected chi connectivity index (χ0v) is 11.9. The second-order valence-corrected chi connectivity index (χ2v) is 4.67. The molecule has 1 aliphatic rings. The van der Waals surface area contributed by atoms with Crippen LogP contribution in [0.15, 0.2) is 18.2 Å². The summed E-state index contributed by atoms with van der Waals surface area (Å²) in [6.07, 6.45) is 0. The number of rotatable bonds is 4. The highest BCUT2D eigenvalue weighted by Gasteiger charge is 2.25. The van der Waals surface area contributed by atoms with E-state index in [1.807, 2.05) is 13.0 Å². The van der Waals surface area contributed by atoms with E-state index in [4.69, 9.17) is 4.74 Å². The molecule has 112 valence electrons. The second-order valence-electron chi connectivity index (χ2n) is 4.67. The number of nitrogens with one attached hydrogen (secondary N) is 2. The molecule has 1 aromatic carbocycles. The molecule has 0 spiro atoms. The van der Waals surface area contributed by atoms with Crippen LogP contribution in [0, 0.1) is 6.92 Å². The van der Waals surface area contributed by atoms with Gasteiger partial charge >= 0.3 is 12.0 Å². The van der Waals surface area contributed by atoms with E-state index in [2.05, 4.69) is 10.6 Å². The van der Waals surface area contributed by atoms with E-state index in [1.54, 1.807) is 12.1 Å². The Morgan fingerprint density at radius 1 is 1.43 bits per heavy atom. The molecule has 1 heterocycles. The molecule has 0 unspecified atom stereocenters. The maximum atomic E-state index is 11.9. The Bertz CT molecular complexity index is 586. The average Bonchev–Trinajstić information content (AvgIpc) is 2.91. The van der Waals surface area contributed by atoms with Crippen LogP contribution in [0.1, 0.15) is 15.9 Å². The Balaban J connectivity index is 2.07. The van der Waals surface area contributed by atoms with E-state index in [0.29, 0.717) is 24.3 Å². The molecule has 1 aliphatic heterocycles. The maximum Gasteiger partial charge on any atom is 0.339 e. The Morgan fingerprint density at radius 2 is 2.19 bits per heavy atom. The molecule has 1 aromatic rings. The fraction of sp³-hybridized carbons (Fsp3) is 0.357. The number of amides is 3. The third kappa shape index (κ3) is 3.31. The van der Waals surface area contributed by atoms with Crippen molar-refractivity contribution in [2.45, 2.75) is 6.92 Å². The van der Waals surface area contributed by atoms with Gasteiger partial charge in [0, 0.05) is 18.8 Å². The van der Waals surface area contributed by atoms with Crippen molar-refractivity contribution >= 4 is 23.6 Å². The van der Waals surface area contributed by atoms with E-state index in [1.165, 1.54) is 7.11 Å². The lowest BCUT2D eigenvalue weighted by molar-refractivity contribution is -0.125. The van der Waals surface area contributed by atoms with Crippen molar-refractivity contribution in [3.8, 4) is 0 Å². The molecular weight excluding hydrogens is 274 g/mol. The number of hydrogen-bond acceptors (Lipinski definition) is 5. The zero-order valence-electron chi connectivity index (χ0n) is 11.9. The summed E-state index contributed by atoms with van der Waals surface area (Å²) in [5.74, 6) is -0.825. The van der Waals surface area contributed by atoms with Gasteiger partial charge in [0.15, 0.2) is 0 Å². The van der Waals surface area contributed by atoms with Crippen molar-refractivity contribution in [2.24, 2.45) is 0 Å². The monoisotopic (exact) mass is 291 g/mol. The van der Waals surface area contributed by atoms with Crippen LogP contribution in [0.4, 0.5) is 10.5 Å². The lowest BCUT2D eigenvalue weighted by Crippen LogP contribution is -2.38. The van der Waals surface area contributed by atoms with E-state index >= 15 is 0 Å². The number of benzene rings is 1. The molecule has 7 nitrogen and oxygen atoms in total. The van der Waals surface area contributed by atoms with Crippen LogP contribution >= 0.6 is 0 Å². The smallest absolute Gasteiger partial charge is 0.339 e. The fourth-order valence-electron chi connectivity index (χ4n) is 2.07. The first-order chi connectivity index (χ1) is 10.0. The first kappa shape index (κ1) is 14.8. The van der Waals surface area contributed by atoms with Crippen LogP contribution in [-0.4, -0.2) is 49.6 Å². The summed E-state index contributed by atoms with van der Waals surface area (Å²) < 4.78 is 4.72. The summed E-state index contributed by atoms with van der Waals surface area (Å²) in [5, 5.41) is 5.44. The summed E-state index contributed by atoms with van der Waals surface area (Å²) in [5.41, 5.74) is 1.77. The van der Waals surface area contributed by atoms with Gasteiger partial charge in [-0.3, -0.25) is 9.69 Å². The van der Waals surface area contributed by atoms with Crippen LogP contribution in [-0.2, 0) is 9.53 Å². The van der Waals surface area contributed by atoms with Crippen molar-refractivity contribution < 1.29 is 19.1 Å². The molecular formula is C14H17N3O4. The molecule has 0 radical (unpaired) electrons. The van der Waals surface area contributed by atoms with Gasteiger partial charge in [-0.2, -0.15) is 0 Å². The third-order valence-corrected chi connectivity index (χ3v) is 3.17. The number of esters is 1. The van der Waals surface area contributed by atoms with E-state index < -0.39 is 5.97 Å². The third-order valence-electron chi connectivity index (χ3n) is 3.17. The van der Waals surface area contributed by atoms with Crippen LogP contribution in [0.3, 0.4) is 0 Å². The fourth-order valence-corrected chi connectivity index (χ4v) is 2.07. The first-order valence-corrected chi connectivity index (χ1v) is 6.54. The highest BCUT2D eigenvalue weighted by atomic mass is 16.5. The quantitative estimate of drug-likeness (QED) is 0.799. The van der Waals surface area contributed by atoms with Gasteiger partial charge in [-0.05, 0) is 19.1 Å². The van der Waals surface area contributed by atoms with Crippen LogP contribution in [0.2, 0.25) is 0 Å². The van der Waals surface area contributed by atoms with E-state index in [9.17, 15) is 14.4 Å². The number of hydrogen-bond donors (Lipinski definition) is 2. The molecule has 3 amide bonds. The molecule has 2 rings (SSSR count). The van der Waals surface area contributed by atoms with Crippen LogP contribution < -0.4 is 10.6 Å². The minimum Gasteiger partial charge on any atom is -0.465 e. The molecule has 0 aliphatic carbocycles. The van der Waals surface area contributed by atoms with Crippen molar-refractivity contribution in [1.82, 2.24) is 10.2 Å². The van der Waals surface area contributed by atoms with Crippen molar-refractivity contribution in [1.29, 1.82) is 0 Å². The molecule has 1 saturated heterocycles. The molecule has 2 N–H and O–H groups in total. The minimum atomic E-state index is -0.479. The number of urea groups is 1. The topological polar surface area (TPSA) is 87.7 Å². The number of nitrogens with zero attached hydrogens (tertiary/aromatic N) is 1. The average molecular weight is 291 g/mol. The summed E-state index contributed by atoms with van der Waals surface area (Å²) >= 11 is 0. The normalized spacial score (nSPS) is 13.8. The molecule has 7 heteroatoms. The number of ether oxygens (including phenoxy) is 1. The van der Waals surface area contributed by atoms with Crippen molar-refractivity contribution in [3.05, 3.63) is 29.3 Å². The number of anilines is 1. The van der Waals surface area contributed by atoms with Gasteiger partial charge in [0.2, 0.25) is 5.91 Å². The lowest BCUT2D eigenvalue weighted by Gasteiger charge is -2.15. The Hall–Kier alpha value is -2.57. The minimum absolute atomic E-state index is 0.0690. The predicted octanol–water partition coefficient (Wildman–Crippen LogP) is 0.745. The summed E-state index contributed by atoms with van der Waals surface area (Å²) in [6.45, 7) is 2.61. The van der Waals surface area contributed by atoms with Gasteiger partial charge in [0.25, 0.3) is 0 Å². The number of carbonyl (C=O) groups is 3. The summed E-state index contributed by atoms with van der Waals surface area (Å²) in [4.78, 5) is 36.2. The highest BCUT2D eigenvalue weighted by Crippen LogP contribution is 2.18. The highest BCUT2D eigenvalue weighted by molar-refractivity contribution is 5.99. The van der Waals surface area contributed by atoms with Crippen molar-refractivity contribution in [3.63, 3.8) is 0 Å². The predicted molar refractivity (Wildman–Crippen MR) is 76.1 cm³/mol. The van der Waals surface area contributed by atoms with Gasteiger partial charge in [0.05, 0.1) is 19.2 Å². The molecule has 0 aromatic heterocycles. The Labute approximate surface area is 122 Å².